The molecular weight excluding hydrogens is 240 g/mol. The Morgan fingerprint density at radius 3 is 3.00 bits per heavy atom. The van der Waals surface area contributed by atoms with Crippen LogP contribution in [0.2, 0.25) is 0 Å². The molecule has 6 heteroatoms. The molecule has 2 N–H and O–H groups in total. The maximum Gasteiger partial charge on any atom is 0.355 e. The lowest BCUT2D eigenvalue weighted by atomic mass is 10.0. The van der Waals surface area contributed by atoms with Crippen molar-refractivity contribution in [3.63, 3.8) is 0 Å². The minimum atomic E-state index is -0.977. The van der Waals surface area contributed by atoms with Gasteiger partial charge in [-0.15, -0.1) is 11.3 Å². The molecule has 0 radical (unpaired) electrons. The molecule has 0 spiro atoms. The van der Waals surface area contributed by atoms with Gasteiger partial charge in [0.25, 0.3) is 0 Å². The fourth-order valence-corrected chi connectivity index (χ4v) is 2.71. The fourth-order valence-electron chi connectivity index (χ4n) is 1.91. The van der Waals surface area contributed by atoms with E-state index in [-0.39, 0.29) is 11.3 Å². The molecule has 0 aliphatic carbocycles. The van der Waals surface area contributed by atoms with Crippen molar-refractivity contribution in [1.29, 1.82) is 0 Å². The Morgan fingerprint density at radius 1 is 1.71 bits per heavy atom. The van der Waals surface area contributed by atoms with Crippen molar-refractivity contribution in [2.75, 3.05) is 18.5 Å². The first-order valence-electron chi connectivity index (χ1n) is 5.59. The molecule has 0 bridgehead atoms. The Kier molecular flexibility index (Phi) is 3.35. The molecule has 5 nitrogen and oxygen atoms in total. The number of carboxylic acid groups (broad SMARTS) is 1. The molecule has 94 valence electrons. The summed E-state index contributed by atoms with van der Waals surface area (Å²) in [6.45, 7) is 5.29. The van der Waals surface area contributed by atoms with Crippen LogP contribution in [-0.2, 0) is 4.74 Å². The highest BCUT2D eigenvalue weighted by Gasteiger charge is 2.29. The van der Waals surface area contributed by atoms with Crippen LogP contribution < -0.4 is 5.32 Å². The topological polar surface area (TPSA) is 71.5 Å². The Balaban J connectivity index is 1.99. The molecule has 1 aromatic rings. The number of hydrogen-bond donors (Lipinski definition) is 2. The number of thiazole rings is 1. The second-order valence-corrected chi connectivity index (χ2v) is 5.69. The Bertz CT molecular complexity index is 424. The maximum absolute atomic E-state index is 10.9. The summed E-state index contributed by atoms with van der Waals surface area (Å²) in [5.41, 5.74) is -0.0156. The molecule has 1 aliphatic rings. The normalized spacial score (nSPS) is 23.9. The summed E-state index contributed by atoms with van der Waals surface area (Å²) in [6, 6.07) is 0. The maximum atomic E-state index is 10.9. The van der Waals surface area contributed by atoms with E-state index in [4.69, 9.17) is 9.84 Å². The van der Waals surface area contributed by atoms with E-state index < -0.39 is 5.97 Å². The van der Waals surface area contributed by atoms with Crippen LogP contribution in [0.25, 0.3) is 0 Å². The molecule has 1 aliphatic heterocycles. The number of carbonyl (C=O) groups is 1. The van der Waals surface area contributed by atoms with E-state index in [1.807, 2.05) is 0 Å². The summed E-state index contributed by atoms with van der Waals surface area (Å²) < 4.78 is 5.64. The minimum absolute atomic E-state index is 0.134. The summed E-state index contributed by atoms with van der Waals surface area (Å²) in [5, 5.41) is 12.7. The van der Waals surface area contributed by atoms with Gasteiger partial charge in [0.1, 0.15) is 0 Å². The van der Waals surface area contributed by atoms with Gasteiger partial charge in [-0.3, -0.25) is 0 Å². The average molecular weight is 256 g/mol. The predicted molar refractivity (Wildman–Crippen MR) is 65.9 cm³/mol. The fraction of sp³-hybridized carbons (Fsp3) is 0.636. The number of aryl methyl sites for hydroxylation is 1. The van der Waals surface area contributed by atoms with Crippen molar-refractivity contribution in [3.05, 3.63) is 10.6 Å². The molecule has 1 unspecified atom stereocenters. The zero-order chi connectivity index (χ0) is 12.5. The lowest BCUT2D eigenvalue weighted by Crippen LogP contribution is -2.32. The molecule has 0 aromatic carbocycles. The number of carboxylic acids is 1. The molecule has 0 saturated carbocycles. The first kappa shape index (κ1) is 12.3. The van der Waals surface area contributed by atoms with E-state index in [0.717, 1.165) is 24.3 Å². The molecule has 1 atom stereocenters. The van der Waals surface area contributed by atoms with Crippen LogP contribution in [0.4, 0.5) is 5.13 Å². The monoisotopic (exact) mass is 256 g/mol. The quantitative estimate of drug-likeness (QED) is 0.863. The zero-order valence-corrected chi connectivity index (χ0v) is 10.8. The van der Waals surface area contributed by atoms with E-state index >= 15 is 0 Å². The highest BCUT2D eigenvalue weighted by atomic mass is 32.1. The lowest BCUT2D eigenvalue weighted by molar-refractivity contribution is 0.0315. The second kappa shape index (κ2) is 4.62. The van der Waals surface area contributed by atoms with Gasteiger partial charge in [0.15, 0.2) is 10.8 Å². The van der Waals surface area contributed by atoms with E-state index in [0.29, 0.717) is 11.7 Å². The van der Waals surface area contributed by atoms with E-state index in [2.05, 4.69) is 17.2 Å². The molecule has 2 heterocycles. The van der Waals surface area contributed by atoms with Gasteiger partial charge in [0.2, 0.25) is 0 Å². The van der Waals surface area contributed by atoms with Gasteiger partial charge in [-0.1, -0.05) is 0 Å². The van der Waals surface area contributed by atoms with Crippen LogP contribution >= 0.6 is 11.3 Å². The first-order valence-corrected chi connectivity index (χ1v) is 6.40. The van der Waals surface area contributed by atoms with Crippen LogP contribution in [0.3, 0.4) is 0 Å². The summed E-state index contributed by atoms with van der Waals surface area (Å²) in [5.74, 6) is -0.977. The van der Waals surface area contributed by atoms with Crippen LogP contribution in [-0.4, -0.2) is 34.8 Å². The summed E-state index contributed by atoms with van der Waals surface area (Å²) in [4.78, 5) is 15.6. The molecular formula is C11H16N2O3S. The lowest BCUT2D eigenvalue weighted by Gasteiger charge is -2.22. The van der Waals surface area contributed by atoms with Gasteiger partial charge in [-0.2, -0.15) is 0 Å². The Hall–Kier alpha value is -1.14. The smallest absolute Gasteiger partial charge is 0.355 e. The van der Waals surface area contributed by atoms with Crippen LogP contribution in [0.1, 0.15) is 35.1 Å². The third-order valence-corrected chi connectivity index (χ3v) is 3.84. The van der Waals surface area contributed by atoms with Gasteiger partial charge < -0.3 is 15.2 Å². The van der Waals surface area contributed by atoms with Gasteiger partial charge in [0.05, 0.1) is 5.60 Å². The number of nitrogens with zero attached hydrogens (tertiary/aromatic N) is 1. The molecule has 17 heavy (non-hydrogen) atoms. The third-order valence-electron chi connectivity index (χ3n) is 2.91. The standard InChI is InChI=1S/C11H16N2O3S/c1-7-8(9(14)15)13-10(17-7)12-6-11(2)4-3-5-16-11/h3-6H2,1-2H3,(H,12,13)(H,14,15). The van der Waals surface area contributed by atoms with Crippen LogP contribution in [0, 0.1) is 6.92 Å². The van der Waals surface area contributed by atoms with Gasteiger partial charge in [0, 0.05) is 18.0 Å². The van der Waals surface area contributed by atoms with E-state index in [9.17, 15) is 4.79 Å². The van der Waals surface area contributed by atoms with E-state index in [1.165, 1.54) is 11.3 Å². The highest BCUT2D eigenvalue weighted by Crippen LogP contribution is 2.27. The molecule has 1 fully saturated rings. The number of anilines is 1. The van der Waals surface area contributed by atoms with Crippen molar-refractivity contribution in [2.24, 2.45) is 0 Å². The molecule has 1 aromatic heterocycles. The van der Waals surface area contributed by atoms with E-state index in [1.54, 1.807) is 6.92 Å². The van der Waals surface area contributed by atoms with Crippen LogP contribution in [0.15, 0.2) is 0 Å². The number of hydrogen-bond acceptors (Lipinski definition) is 5. The van der Waals surface area contributed by atoms with Crippen molar-refractivity contribution in [3.8, 4) is 0 Å². The largest absolute Gasteiger partial charge is 0.476 e. The summed E-state index contributed by atoms with van der Waals surface area (Å²) in [6.07, 6.45) is 2.10. The summed E-state index contributed by atoms with van der Waals surface area (Å²) >= 11 is 1.37. The Labute approximate surface area is 104 Å². The zero-order valence-electron chi connectivity index (χ0n) is 9.95. The summed E-state index contributed by atoms with van der Waals surface area (Å²) in [7, 11) is 0. The number of aromatic carboxylic acids is 1. The highest BCUT2D eigenvalue weighted by molar-refractivity contribution is 7.15. The second-order valence-electron chi connectivity index (χ2n) is 4.48. The average Bonchev–Trinajstić information content (AvgIpc) is 2.83. The van der Waals surface area contributed by atoms with Crippen molar-refractivity contribution in [2.45, 2.75) is 32.3 Å². The van der Waals surface area contributed by atoms with Crippen LogP contribution in [0.5, 0.6) is 0 Å². The molecule has 2 rings (SSSR count). The van der Waals surface area contributed by atoms with Gasteiger partial charge >= 0.3 is 5.97 Å². The molecule has 0 amide bonds. The number of nitrogens with one attached hydrogen (secondary N) is 1. The number of ether oxygens (including phenoxy) is 1. The van der Waals surface area contributed by atoms with Gasteiger partial charge in [-0.25, -0.2) is 9.78 Å². The predicted octanol–water partition coefficient (Wildman–Crippen LogP) is 2.13. The SMILES string of the molecule is Cc1sc(NCC2(C)CCCO2)nc1C(=O)O. The number of rotatable bonds is 4. The van der Waals surface area contributed by atoms with Gasteiger partial charge in [-0.05, 0) is 26.7 Å². The Morgan fingerprint density at radius 2 is 2.47 bits per heavy atom. The minimum Gasteiger partial charge on any atom is -0.476 e. The third kappa shape index (κ3) is 2.76. The van der Waals surface area contributed by atoms with Crippen molar-refractivity contribution < 1.29 is 14.6 Å². The van der Waals surface area contributed by atoms with Crippen molar-refractivity contribution in [1.82, 2.24) is 4.98 Å². The number of aromatic nitrogens is 1. The first-order chi connectivity index (χ1) is 8.00. The molecule has 1 saturated heterocycles. The van der Waals surface area contributed by atoms with Crippen molar-refractivity contribution >= 4 is 22.4 Å².